The molecule has 1 aliphatic rings. The summed E-state index contributed by atoms with van der Waals surface area (Å²) in [6.45, 7) is 1.66. The zero-order chi connectivity index (χ0) is 23.9. The van der Waals surface area contributed by atoms with Crippen molar-refractivity contribution in [2.45, 2.75) is 31.4 Å². The van der Waals surface area contributed by atoms with Gasteiger partial charge < -0.3 is 0 Å². The van der Waals surface area contributed by atoms with Gasteiger partial charge in [-0.3, -0.25) is 4.57 Å². The van der Waals surface area contributed by atoms with E-state index in [1.807, 2.05) is 0 Å². The number of nitrogens with zero attached hydrogens (tertiary/aromatic N) is 2. The molecule has 2 atom stereocenters. The summed E-state index contributed by atoms with van der Waals surface area (Å²) in [4.78, 5) is 0. The Kier molecular flexibility index (Phi) is 6.51. The Morgan fingerprint density at radius 1 is 0.844 bits per heavy atom. The van der Waals surface area contributed by atoms with Crippen molar-refractivity contribution >= 4 is 7.44 Å². The molecule has 0 amide bonds. The highest BCUT2D eigenvalue weighted by Gasteiger charge is 2.51. The van der Waals surface area contributed by atoms with E-state index in [0.717, 1.165) is 24.3 Å². The summed E-state index contributed by atoms with van der Waals surface area (Å²) in [5.41, 5.74) is 1.37. The van der Waals surface area contributed by atoms with Gasteiger partial charge in [-0.1, -0.05) is 24.3 Å². The average molecular weight is 474 g/mol. The number of alkyl halides is 6. The number of rotatable bonds is 3. The van der Waals surface area contributed by atoms with Crippen molar-refractivity contribution in [1.82, 2.24) is 9.34 Å². The zero-order valence-electron chi connectivity index (χ0n) is 17.4. The van der Waals surface area contributed by atoms with E-state index in [-0.39, 0.29) is 11.1 Å². The maximum absolute atomic E-state index is 13.8. The van der Waals surface area contributed by atoms with E-state index in [9.17, 15) is 30.9 Å². The molecule has 1 fully saturated rings. The normalized spacial score (nSPS) is 21.9. The summed E-state index contributed by atoms with van der Waals surface area (Å²) in [7, 11) is -0.507. The molecule has 0 N–H and O–H groups in total. The molecule has 0 unspecified atom stereocenters. The molecular formula is C22H21F6N2OP. The van der Waals surface area contributed by atoms with Crippen LogP contribution in [-0.4, -0.2) is 23.4 Å². The second kappa shape index (κ2) is 8.56. The fraction of sp³-hybridized carbons (Fsp3) is 0.318. The quantitative estimate of drug-likeness (QED) is 0.266. The smallest absolute Gasteiger partial charge is 0.283 e. The largest absolute Gasteiger partial charge is 0.416 e. The van der Waals surface area contributed by atoms with E-state index < -0.39 is 43.0 Å². The molecule has 172 valence electrons. The molecule has 0 radical (unpaired) electrons. The van der Waals surface area contributed by atoms with Crippen LogP contribution in [0.3, 0.4) is 0 Å². The van der Waals surface area contributed by atoms with Crippen LogP contribution in [-0.2, 0) is 16.9 Å². The maximum atomic E-state index is 13.8. The van der Waals surface area contributed by atoms with Crippen molar-refractivity contribution in [2.24, 2.45) is 0 Å². The summed E-state index contributed by atoms with van der Waals surface area (Å²) in [5.74, 6) is 1.32. The van der Waals surface area contributed by atoms with Crippen LogP contribution >= 0.6 is 7.44 Å². The summed E-state index contributed by atoms with van der Waals surface area (Å²) in [6.07, 6.45) is -7.67. The summed E-state index contributed by atoms with van der Waals surface area (Å²) >= 11 is 0. The molecule has 2 aromatic carbocycles. The zero-order valence-corrected chi connectivity index (χ0v) is 18.3. The fourth-order valence-corrected chi connectivity index (χ4v) is 6.32. The Balaban J connectivity index is 2.23. The van der Waals surface area contributed by atoms with Gasteiger partial charge in [0.15, 0.2) is 0 Å². The van der Waals surface area contributed by atoms with E-state index in [2.05, 4.69) is 5.73 Å². The van der Waals surface area contributed by atoms with E-state index in [1.54, 1.807) is 6.92 Å². The molecule has 1 heterocycles. The lowest BCUT2D eigenvalue weighted by atomic mass is 9.91. The molecule has 3 nitrogen and oxygen atoms in total. The van der Waals surface area contributed by atoms with E-state index >= 15 is 0 Å². The molecule has 0 bridgehead atoms. The lowest BCUT2D eigenvalue weighted by molar-refractivity contribution is -0.138. The van der Waals surface area contributed by atoms with Crippen LogP contribution in [0.5, 0.6) is 0 Å². The number of likely N-dealkylation sites (N-methyl/N-ethyl adjacent to an activating group) is 2. The minimum Gasteiger partial charge on any atom is -0.283 e. The van der Waals surface area contributed by atoms with Crippen LogP contribution in [0.1, 0.15) is 41.3 Å². The number of halogens is 6. The number of benzene rings is 2. The lowest BCUT2D eigenvalue weighted by Crippen LogP contribution is -2.22. The highest BCUT2D eigenvalue weighted by Crippen LogP contribution is 2.68. The standard InChI is InChI=1S/C22H21F6N2OP/c1-4-5-12-32(31)29(2)19(15-8-6-10-17(13-15)21(23,24)25)20(30(32)3)16-9-7-11-18(14-16)22(26,27)28/h4,6-14,19-20H,1-3H3/t5?,19-,20-/m1/s1. The second-order valence-electron chi connectivity index (χ2n) is 7.46. The maximum Gasteiger partial charge on any atom is 0.416 e. The van der Waals surface area contributed by atoms with E-state index in [1.165, 1.54) is 59.6 Å². The van der Waals surface area contributed by atoms with Crippen molar-refractivity contribution in [3.8, 4) is 0 Å². The fourth-order valence-electron chi connectivity index (χ4n) is 3.94. The molecule has 0 aliphatic carbocycles. The Hall–Kier alpha value is -2.31. The Morgan fingerprint density at radius 3 is 1.59 bits per heavy atom. The third kappa shape index (κ3) is 4.44. The number of hydrogen-bond donors (Lipinski definition) is 0. The first kappa shape index (κ1) is 24.3. The molecule has 3 rings (SSSR count). The third-order valence-electron chi connectivity index (χ3n) is 5.53. The Labute approximate surface area is 182 Å². The van der Waals surface area contributed by atoms with Gasteiger partial charge in [0, 0.05) is 5.82 Å². The van der Waals surface area contributed by atoms with Crippen LogP contribution in [0.15, 0.2) is 66.2 Å². The molecule has 10 heteroatoms. The van der Waals surface area contributed by atoms with E-state index in [0.29, 0.717) is 0 Å². The number of hydrogen-bond acceptors (Lipinski definition) is 1. The lowest BCUT2D eigenvalue weighted by Gasteiger charge is -2.26. The van der Waals surface area contributed by atoms with Crippen LogP contribution in [0, 0.1) is 0 Å². The van der Waals surface area contributed by atoms with Crippen molar-refractivity contribution < 1.29 is 30.9 Å². The highest BCUT2D eigenvalue weighted by molar-refractivity contribution is 7.62. The molecule has 0 saturated carbocycles. The van der Waals surface area contributed by atoms with Crippen LogP contribution < -0.4 is 0 Å². The molecule has 1 saturated heterocycles. The van der Waals surface area contributed by atoms with Gasteiger partial charge in [-0.05, 0) is 62.5 Å². The average Bonchev–Trinajstić information content (AvgIpc) is 2.92. The second-order valence-corrected chi connectivity index (χ2v) is 10.2. The summed E-state index contributed by atoms with van der Waals surface area (Å²) < 4.78 is 96.6. The highest BCUT2D eigenvalue weighted by atomic mass is 31.2. The van der Waals surface area contributed by atoms with Gasteiger partial charge >= 0.3 is 12.4 Å². The SMILES string of the molecule is CC=C=CP1(=O)N(C)[C@H](c2cccc(C(F)(F)F)c2)[C@@H](c2cccc(C(F)(F)F)c2)N1C. The predicted molar refractivity (Wildman–Crippen MR) is 110 cm³/mol. The van der Waals surface area contributed by atoms with E-state index in [4.69, 9.17) is 0 Å². The third-order valence-corrected chi connectivity index (χ3v) is 8.32. The van der Waals surface area contributed by atoms with Gasteiger partial charge in [0.25, 0.3) is 0 Å². The Bertz CT molecular complexity index is 1030. The van der Waals surface area contributed by atoms with Crippen LogP contribution in [0.25, 0.3) is 0 Å². The minimum atomic E-state index is -4.60. The predicted octanol–water partition coefficient (Wildman–Crippen LogP) is 7.27. The van der Waals surface area contributed by atoms with Crippen molar-refractivity contribution in [1.29, 1.82) is 0 Å². The summed E-state index contributed by atoms with van der Waals surface area (Å²) in [5, 5.41) is 0. The van der Waals surface area contributed by atoms with Gasteiger partial charge in [-0.2, -0.15) is 26.3 Å². The minimum absolute atomic E-state index is 0.197. The van der Waals surface area contributed by atoms with Crippen molar-refractivity contribution in [2.75, 3.05) is 14.1 Å². The van der Waals surface area contributed by atoms with Gasteiger partial charge in [-0.25, -0.2) is 9.34 Å². The molecule has 0 aromatic heterocycles. The summed E-state index contributed by atoms with van der Waals surface area (Å²) in [6, 6.07) is 7.33. The molecule has 0 spiro atoms. The van der Waals surface area contributed by atoms with Gasteiger partial charge in [0.1, 0.15) is 0 Å². The van der Waals surface area contributed by atoms with Gasteiger partial charge in [-0.15, -0.1) is 5.73 Å². The van der Waals surface area contributed by atoms with Gasteiger partial charge in [0.05, 0.1) is 23.2 Å². The topological polar surface area (TPSA) is 23.6 Å². The first-order valence-electron chi connectivity index (χ1n) is 9.59. The number of allylic oxidation sites excluding steroid dienone is 1. The van der Waals surface area contributed by atoms with Gasteiger partial charge in [0.2, 0.25) is 7.44 Å². The first-order valence-corrected chi connectivity index (χ1v) is 11.3. The molecule has 2 aromatic rings. The molecule has 1 aliphatic heterocycles. The Morgan fingerprint density at radius 2 is 1.25 bits per heavy atom. The molecular weight excluding hydrogens is 453 g/mol. The molecule has 32 heavy (non-hydrogen) atoms. The van der Waals surface area contributed by atoms with Crippen molar-refractivity contribution in [3.05, 3.63) is 88.4 Å². The monoisotopic (exact) mass is 474 g/mol. The van der Waals surface area contributed by atoms with Crippen molar-refractivity contribution in [3.63, 3.8) is 0 Å². The van der Waals surface area contributed by atoms with Crippen LogP contribution in [0.2, 0.25) is 0 Å². The first-order chi connectivity index (χ1) is 14.8. The van der Waals surface area contributed by atoms with Crippen LogP contribution in [0.4, 0.5) is 26.3 Å².